The lowest BCUT2D eigenvalue weighted by molar-refractivity contribution is -0.745. The topological polar surface area (TPSA) is 556 Å². The number of nitrogens with two attached hydrogens (primary N) is 2. The number of ether oxygens (including phenoxy) is 4. The number of phosphoric ester groups is 3. The summed E-state index contributed by atoms with van der Waals surface area (Å²) >= 11 is 0. The predicted octanol–water partition coefficient (Wildman–Crippen LogP) is -5.70. The molecule has 44 heteroatoms. The van der Waals surface area contributed by atoms with Crippen molar-refractivity contribution in [3.8, 4) is 0 Å². The number of sulfonamides is 1. The average Bonchev–Trinajstić information content (AvgIpc) is 4.11. The molecule has 16 atom stereocenters. The molecule has 77 heavy (non-hydrogen) atoms. The standard InChI is InChI=1S/C33H47N13O26P4S/c1-43-12-46(27-19(43)28(51)42-32(35)41-27)29-20(48)13(6-39-77(3,61)62)14(67-29)7-65-74(55,56)71-76(59,60)72-75(57,58)66-9-16-23(24(63-2)31(69-16)45-11-38-18-25(34)36-10-37-26(18)45)70-73(53,54)64-8-15-21(49)22(50)30(68-15)44-5-4-17(47)40-33(44)52/h4-5,10-16,20-24,29-31,39,48-50H,6-9H2,1-3H3,(H9-,34,35,36,37,40,41,42,47,51,52,53,54,55,56,57,58,59,60)/t13-,14-,15-,16-,20-,21-,22-,23-,24-,29-,30-,31-/m1/s1. The van der Waals surface area contributed by atoms with E-state index in [9.17, 15) is 76.0 Å². The van der Waals surface area contributed by atoms with Crippen LogP contribution in [-0.2, 0) is 81.0 Å². The van der Waals surface area contributed by atoms with Crippen molar-refractivity contribution in [2.75, 3.05) is 51.2 Å². The highest BCUT2D eigenvalue weighted by atomic mass is 32.2. The number of H-pyrrole nitrogens is 2. The highest BCUT2D eigenvalue weighted by Gasteiger charge is 2.53. The maximum atomic E-state index is 13.5. The number of hydrogen-bond acceptors (Lipinski definition) is 29. The number of phosphoric acid groups is 4. The summed E-state index contributed by atoms with van der Waals surface area (Å²) < 4.78 is 135. The number of aryl methyl sites for hydroxylation is 1. The summed E-state index contributed by atoms with van der Waals surface area (Å²) in [4.78, 5) is 102. The molecule has 3 fully saturated rings. The first-order chi connectivity index (χ1) is 35.9. The summed E-state index contributed by atoms with van der Waals surface area (Å²) in [5.74, 6) is -1.80. The van der Waals surface area contributed by atoms with Crippen molar-refractivity contribution in [3.63, 3.8) is 0 Å². The third-order valence-corrected chi connectivity index (χ3v) is 17.6. The van der Waals surface area contributed by atoms with E-state index in [2.05, 4.69) is 38.3 Å². The number of aromatic nitrogens is 10. The van der Waals surface area contributed by atoms with Gasteiger partial charge in [0.1, 0.15) is 54.6 Å². The number of aliphatic hydroxyl groups excluding tert-OH is 3. The van der Waals surface area contributed by atoms with Crippen LogP contribution in [0, 0.1) is 5.92 Å². The number of fused-ring (bicyclic) bond motifs is 2. The number of nitrogens with zero attached hydrogens (tertiary/aromatic N) is 8. The molecule has 0 amide bonds. The van der Waals surface area contributed by atoms with E-state index < -0.39 is 158 Å². The number of nitrogen functional groups attached to an aromatic ring is 2. The van der Waals surface area contributed by atoms with Crippen molar-refractivity contribution in [3.05, 3.63) is 62.4 Å². The average molecular weight is 1200 g/mol. The molecule has 426 valence electrons. The van der Waals surface area contributed by atoms with Crippen LogP contribution in [0.3, 0.4) is 0 Å². The Morgan fingerprint density at radius 1 is 0.844 bits per heavy atom. The van der Waals surface area contributed by atoms with Gasteiger partial charge in [0.05, 0.1) is 45.6 Å². The van der Waals surface area contributed by atoms with Gasteiger partial charge in [0.25, 0.3) is 24.9 Å². The van der Waals surface area contributed by atoms with E-state index in [1.54, 1.807) is 0 Å². The Bertz CT molecular complexity index is 3530. The molecule has 0 aromatic carbocycles. The van der Waals surface area contributed by atoms with Gasteiger partial charge < -0.3 is 74.4 Å². The first-order valence-corrected chi connectivity index (χ1v) is 29.5. The molecule has 0 radical (unpaired) electrons. The largest absolute Gasteiger partial charge is 0.756 e. The molecule has 5 aromatic heterocycles. The third-order valence-electron chi connectivity index (χ3n) is 11.7. The number of imidazole rings is 2. The minimum atomic E-state index is -6.28. The summed E-state index contributed by atoms with van der Waals surface area (Å²) in [6, 6.07) is 0.905. The molecule has 0 spiro atoms. The van der Waals surface area contributed by atoms with E-state index in [1.807, 2.05) is 4.98 Å². The van der Waals surface area contributed by atoms with Crippen LogP contribution in [0.1, 0.15) is 18.7 Å². The number of methoxy groups -OCH3 is 1. The van der Waals surface area contributed by atoms with Gasteiger partial charge in [0.15, 0.2) is 30.2 Å². The molecule has 3 saturated heterocycles. The van der Waals surface area contributed by atoms with Gasteiger partial charge in [-0.05, 0) is 0 Å². The monoisotopic (exact) mass is 1200 g/mol. The Morgan fingerprint density at radius 3 is 2.14 bits per heavy atom. The maximum absolute atomic E-state index is 13.5. The van der Waals surface area contributed by atoms with E-state index in [4.69, 9.17) is 48.5 Å². The fraction of sp³-hybridized carbons (Fsp3) is 0.576. The van der Waals surface area contributed by atoms with E-state index >= 15 is 0 Å². The van der Waals surface area contributed by atoms with Crippen LogP contribution in [0.15, 0.2) is 45.6 Å². The van der Waals surface area contributed by atoms with Crippen LogP contribution in [0.5, 0.6) is 0 Å². The molecule has 4 unspecified atom stereocenters. The maximum Gasteiger partial charge on any atom is 0.490 e. The molecule has 8 rings (SSSR count). The fourth-order valence-electron chi connectivity index (χ4n) is 8.37. The van der Waals surface area contributed by atoms with Gasteiger partial charge >= 0.3 is 34.8 Å². The normalized spacial score (nSPS) is 30.1. The van der Waals surface area contributed by atoms with Crippen molar-refractivity contribution >= 4 is 75.4 Å². The second-order valence-corrected chi connectivity index (χ2v) is 24.8. The minimum Gasteiger partial charge on any atom is -0.756 e. The van der Waals surface area contributed by atoms with Gasteiger partial charge in [0.2, 0.25) is 21.8 Å². The third kappa shape index (κ3) is 13.0. The lowest BCUT2D eigenvalue weighted by atomic mass is 9.98. The zero-order valence-electron chi connectivity index (χ0n) is 39.4. The van der Waals surface area contributed by atoms with Crippen LogP contribution in [0.4, 0.5) is 11.8 Å². The Balaban J connectivity index is 0.950. The molecular weight excluding hydrogens is 1150 g/mol. The Labute approximate surface area is 428 Å². The molecule has 39 nitrogen and oxygen atoms in total. The molecule has 3 aliphatic heterocycles. The zero-order chi connectivity index (χ0) is 56.3. The van der Waals surface area contributed by atoms with Crippen LogP contribution in [0.25, 0.3) is 22.3 Å². The van der Waals surface area contributed by atoms with Gasteiger partial charge in [-0.3, -0.25) is 46.9 Å². The lowest BCUT2D eigenvalue weighted by Crippen LogP contribution is -2.46. The quantitative estimate of drug-likeness (QED) is 0.0227. The number of anilines is 2. The molecule has 5 aromatic rings. The van der Waals surface area contributed by atoms with Crippen molar-refractivity contribution in [2.24, 2.45) is 13.0 Å². The van der Waals surface area contributed by atoms with Gasteiger partial charge in [-0.1, -0.05) is 4.98 Å². The Kier molecular flexibility index (Phi) is 16.8. The summed E-state index contributed by atoms with van der Waals surface area (Å²) in [5.41, 5.74) is 8.89. The summed E-state index contributed by atoms with van der Waals surface area (Å²) in [6.07, 6.45) is -13.8. The second-order valence-electron chi connectivity index (χ2n) is 17.0. The molecule has 0 bridgehead atoms. The molecular formula is C33H47N13O26P4S. The fourth-order valence-corrected chi connectivity index (χ4v) is 13.3. The SMILES string of the molecule is CO[C@@H]1[C@H](OP(=O)([O-])OC[C@H]2O[C@@H](n3ccc(=O)[nH]c3=O)[C@H](O)[C@@H]2O)[C@@H](COP(=O)(O)OP(=O)(O)OP(=O)(O)OC[C@H]2O[C@@H]([n+]3cn(C)c4c(=O)[nH]c(N)nc43)[C@H](O)[C@@H]2CNS(C)(=O)=O)O[C@H]1n1cnc2c(N)ncnc21. The van der Waals surface area contributed by atoms with E-state index in [1.165, 1.54) is 17.9 Å². The lowest BCUT2D eigenvalue weighted by Gasteiger charge is -2.31. The van der Waals surface area contributed by atoms with Crippen LogP contribution in [0.2, 0.25) is 0 Å². The molecule has 3 aliphatic rings. The molecule has 8 heterocycles. The van der Waals surface area contributed by atoms with Crippen LogP contribution < -0.4 is 42.5 Å². The highest BCUT2D eigenvalue weighted by Crippen LogP contribution is 2.68. The van der Waals surface area contributed by atoms with Crippen molar-refractivity contribution in [2.45, 2.75) is 67.5 Å². The van der Waals surface area contributed by atoms with Gasteiger partial charge in [-0.15, -0.1) is 0 Å². The summed E-state index contributed by atoms with van der Waals surface area (Å²) in [7, 11) is -25.4. The van der Waals surface area contributed by atoms with Gasteiger partial charge in [-0.2, -0.15) is 8.62 Å². The Hall–Kier alpha value is -4.67. The number of aliphatic hydroxyl groups is 3. The molecule has 0 aliphatic carbocycles. The smallest absolute Gasteiger partial charge is 0.490 e. The van der Waals surface area contributed by atoms with E-state index in [0.29, 0.717) is 4.57 Å². The van der Waals surface area contributed by atoms with Gasteiger partial charge in [-0.25, -0.2) is 51.1 Å². The number of nitrogens with one attached hydrogen (secondary N) is 3. The second kappa shape index (κ2) is 22.1. The summed E-state index contributed by atoms with van der Waals surface area (Å²) in [6.45, 7) is -4.15. The minimum absolute atomic E-state index is 0.0152. The van der Waals surface area contributed by atoms with Gasteiger partial charge in [0, 0.05) is 31.8 Å². The number of aromatic amines is 2. The first kappa shape index (κ1) is 58.5. The number of rotatable bonds is 22. The number of hydrogen-bond donors (Lipinski definition) is 11. The van der Waals surface area contributed by atoms with E-state index in [0.717, 1.165) is 47.4 Å². The molecule has 13 N–H and O–H groups in total. The Morgan fingerprint density at radius 2 is 1.49 bits per heavy atom. The molecule has 0 saturated carbocycles. The zero-order valence-corrected chi connectivity index (χ0v) is 43.8. The predicted molar refractivity (Wildman–Crippen MR) is 246 cm³/mol. The van der Waals surface area contributed by atoms with E-state index in [-0.39, 0.29) is 34.1 Å². The first-order valence-electron chi connectivity index (χ1n) is 21.7. The highest BCUT2D eigenvalue weighted by molar-refractivity contribution is 7.88. The van der Waals surface area contributed by atoms with Crippen molar-refractivity contribution < 1.29 is 112 Å². The van der Waals surface area contributed by atoms with Crippen LogP contribution in [-0.4, -0.2) is 171 Å². The van der Waals surface area contributed by atoms with Crippen molar-refractivity contribution in [1.82, 2.24) is 48.3 Å². The van der Waals surface area contributed by atoms with Crippen LogP contribution >= 0.6 is 31.3 Å². The van der Waals surface area contributed by atoms with Crippen molar-refractivity contribution in [1.29, 1.82) is 0 Å². The summed E-state index contributed by atoms with van der Waals surface area (Å²) in [5, 5.41) is 32.6.